The number of rotatable bonds is 3. The highest BCUT2D eigenvalue weighted by Gasteiger charge is 2.30. The van der Waals surface area contributed by atoms with Gasteiger partial charge in [-0.3, -0.25) is 4.31 Å². The Morgan fingerprint density at radius 3 is 2.81 bits per heavy atom. The van der Waals surface area contributed by atoms with Crippen molar-refractivity contribution in [3.8, 4) is 0 Å². The van der Waals surface area contributed by atoms with E-state index in [9.17, 15) is 8.42 Å². The number of nitrogen functional groups attached to an aromatic ring is 1. The third-order valence-corrected chi connectivity index (χ3v) is 7.28. The Hall–Kier alpha value is -1.53. The molecule has 0 spiro atoms. The van der Waals surface area contributed by atoms with Gasteiger partial charge in [0.25, 0.3) is 10.0 Å². The number of thiophene rings is 1. The van der Waals surface area contributed by atoms with E-state index in [4.69, 9.17) is 5.73 Å². The zero-order valence-electron chi connectivity index (χ0n) is 11.9. The fraction of sp³-hybridized carbons (Fsp3) is 0.333. The molecule has 21 heavy (non-hydrogen) atoms. The minimum atomic E-state index is -3.49. The summed E-state index contributed by atoms with van der Waals surface area (Å²) in [7, 11) is -3.49. The predicted molar refractivity (Wildman–Crippen MR) is 87.4 cm³/mol. The molecule has 2 heterocycles. The Balaban J connectivity index is 2.07. The first-order chi connectivity index (χ1) is 10.0. The number of anilines is 2. The fourth-order valence-corrected chi connectivity index (χ4v) is 5.61. The summed E-state index contributed by atoms with van der Waals surface area (Å²) in [4.78, 5) is 1.08. The van der Waals surface area contributed by atoms with Crippen LogP contribution in [0.1, 0.15) is 23.8 Å². The molecule has 4 nitrogen and oxygen atoms in total. The predicted octanol–water partition coefficient (Wildman–Crippen LogP) is 3.03. The molecule has 6 heteroatoms. The highest BCUT2D eigenvalue weighted by molar-refractivity contribution is 7.94. The van der Waals surface area contributed by atoms with Crippen molar-refractivity contribution < 1.29 is 8.42 Å². The first-order valence-corrected chi connectivity index (χ1v) is 9.28. The molecule has 112 valence electrons. The molecule has 0 fully saturated rings. The maximum Gasteiger partial charge on any atom is 0.273 e. The minimum absolute atomic E-state index is 0.412. The van der Waals surface area contributed by atoms with Gasteiger partial charge in [0.05, 0.1) is 5.69 Å². The number of hydrogen-bond donors (Lipinski definition) is 1. The highest BCUT2D eigenvalue weighted by Crippen LogP contribution is 2.36. The van der Waals surface area contributed by atoms with E-state index in [0.717, 1.165) is 35.4 Å². The number of fused-ring (bicyclic) bond motifs is 1. The summed E-state index contributed by atoms with van der Waals surface area (Å²) in [5.74, 6) is 0. The molecule has 2 aromatic rings. The van der Waals surface area contributed by atoms with Gasteiger partial charge in [-0.2, -0.15) is 0 Å². The summed E-state index contributed by atoms with van der Waals surface area (Å²) < 4.78 is 27.7. The molecule has 2 N–H and O–H groups in total. The molecule has 1 aromatic carbocycles. The maximum atomic E-state index is 12.9. The number of sulfonamides is 1. The van der Waals surface area contributed by atoms with Crippen LogP contribution in [0.15, 0.2) is 34.5 Å². The Morgan fingerprint density at radius 1 is 1.29 bits per heavy atom. The SMILES string of the molecule is CCc1ccc(S(=O)(=O)N2CCCc3c(N)cccc32)s1. The van der Waals surface area contributed by atoms with Crippen LogP contribution in [0.3, 0.4) is 0 Å². The number of aryl methyl sites for hydroxylation is 1. The average Bonchev–Trinajstić information content (AvgIpc) is 2.97. The topological polar surface area (TPSA) is 63.4 Å². The Labute approximate surface area is 129 Å². The van der Waals surface area contributed by atoms with E-state index in [1.165, 1.54) is 15.6 Å². The second-order valence-electron chi connectivity index (χ2n) is 5.10. The molecule has 0 aliphatic carbocycles. The van der Waals surface area contributed by atoms with Crippen LogP contribution in [0.4, 0.5) is 11.4 Å². The van der Waals surface area contributed by atoms with Gasteiger partial charge in [-0.05, 0) is 49.1 Å². The summed E-state index contributed by atoms with van der Waals surface area (Å²) in [6.07, 6.45) is 2.48. The van der Waals surface area contributed by atoms with Gasteiger partial charge < -0.3 is 5.73 Å². The van der Waals surface area contributed by atoms with Crippen LogP contribution in [-0.4, -0.2) is 15.0 Å². The second kappa shape index (κ2) is 5.35. The summed E-state index contributed by atoms with van der Waals surface area (Å²) in [6.45, 7) is 2.54. The average molecular weight is 322 g/mol. The van der Waals surface area contributed by atoms with E-state index in [2.05, 4.69) is 0 Å². The van der Waals surface area contributed by atoms with E-state index in [1.807, 2.05) is 31.2 Å². The van der Waals surface area contributed by atoms with Gasteiger partial charge in [-0.15, -0.1) is 11.3 Å². The van der Waals surface area contributed by atoms with E-state index in [1.54, 1.807) is 6.07 Å². The van der Waals surface area contributed by atoms with Crippen molar-refractivity contribution in [1.82, 2.24) is 0 Å². The fourth-order valence-electron chi connectivity index (χ4n) is 2.66. The van der Waals surface area contributed by atoms with Gasteiger partial charge in [0.2, 0.25) is 0 Å². The van der Waals surface area contributed by atoms with E-state index in [0.29, 0.717) is 16.4 Å². The summed E-state index contributed by atoms with van der Waals surface area (Å²) >= 11 is 1.35. The lowest BCUT2D eigenvalue weighted by Crippen LogP contribution is -2.35. The highest BCUT2D eigenvalue weighted by atomic mass is 32.2. The van der Waals surface area contributed by atoms with Crippen LogP contribution >= 0.6 is 11.3 Å². The molecule has 1 aliphatic heterocycles. The number of hydrogen-bond acceptors (Lipinski definition) is 4. The molecular weight excluding hydrogens is 304 g/mol. The van der Waals surface area contributed by atoms with Crippen molar-refractivity contribution in [3.63, 3.8) is 0 Å². The molecule has 1 aromatic heterocycles. The molecule has 1 aliphatic rings. The molecule has 0 radical (unpaired) electrons. The van der Waals surface area contributed by atoms with Gasteiger partial charge in [-0.25, -0.2) is 8.42 Å². The van der Waals surface area contributed by atoms with Crippen LogP contribution in [0.5, 0.6) is 0 Å². The summed E-state index contributed by atoms with van der Waals surface area (Å²) in [5, 5.41) is 0. The van der Waals surface area contributed by atoms with Crippen molar-refractivity contribution >= 4 is 32.7 Å². The van der Waals surface area contributed by atoms with Crippen molar-refractivity contribution in [2.75, 3.05) is 16.6 Å². The van der Waals surface area contributed by atoms with Crippen LogP contribution in [0.2, 0.25) is 0 Å². The molecule has 3 rings (SSSR count). The lowest BCUT2D eigenvalue weighted by molar-refractivity contribution is 0.588. The summed E-state index contributed by atoms with van der Waals surface area (Å²) in [5.41, 5.74) is 8.34. The van der Waals surface area contributed by atoms with Crippen LogP contribution in [0.25, 0.3) is 0 Å². The normalized spacial score (nSPS) is 15.0. The van der Waals surface area contributed by atoms with Crippen LogP contribution in [0, 0.1) is 0 Å². The molecule has 0 saturated heterocycles. The lowest BCUT2D eigenvalue weighted by atomic mass is 10.0. The van der Waals surface area contributed by atoms with E-state index in [-0.39, 0.29) is 0 Å². The molecular formula is C15H18N2O2S2. The van der Waals surface area contributed by atoms with Crippen molar-refractivity contribution in [2.45, 2.75) is 30.4 Å². The third-order valence-electron chi connectivity index (χ3n) is 3.77. The van der Waals surface area contributed by atoms with E-state index >= 15 is 0 Å². The standard InChI is InChI=1S/C15H18N2O2S2/c1-2-11-8-9-15(20-11)21(18,19)17-10-4-5-12-13(16)6-3-7-14(12)17/h3,6-9H,2,4-5,10,16H2,1H3. The molecule has 0 atom stereocenters. The summed E-state index contributed by atoms with van der Waals surface area (Å²) in [6, 6.07) is 9.08. The Bertz CT molecular complexity index is 766. The molecule has 0 saturated carbocycles. The van der Waals surface area contributed by atoms with Crippen LogP contribution < -0.4 is 10.0 Å². The van der Waals surface area contributed by atoms with Crippen molar-refractivity contribution in [3.05, 3.63) is 40.8 Å². The maximum absolute atomic E-state index is 12.9. The third kappa shape index (κ3) is 2.42. The quantitative estimate of drug-likeness (QED) is 0.884. The molecule has 0 amide bonds. The number of nitrogens with zero attached hydrogens (tertiary/aromatic N) is 1. The van der Waals surface area contributed by atoms with Gasteiger partial charge in [0, 0.05) is 17.1 Å². The van der Waals surface area contributed by atoms with Crippen LogP contribution in [-0.2, 0) is 22.9 Å². The molecule has 0 bridgehead atoms. The Morgan fingerprint density at radius 2 is 2.10 bits per heavy atom. The monoisotopic (exact) mass is 322 g/mol. The van der Waals surface area contributed by atoms with Gasteiger partial charge in [0.15, 0.2) is 0 Å². The van der Waals surface area contributed by atoms with Crippen molar-refractivity contribution in [2.24, 2.45) is 0 Å². The molecule has 0 unspecified atom stereocenters. The largest absolute Gasteiger partial charge is 0.398 e. The van der Waals surface area contributed by atoms with Crippen molar-refractivity contribution in [1.29, 1.82) is 0 Å². The first kappa shape index (κ1) is 14.4. The second-order valence-corrected chi connectivity index (χ2v) is 8.36. The number of nitrogens with two attached hydrogens (primary N) is 1. The smallest absolute Gasteiger partial charge is 0.273 e. The van der Waals surface area contributed by atoms with E-state index < -0.39 is 10.0 Å². The zero-order valence-corrected chi connectivity index (χ0v) is 13.5. The number of benzene rings is 1. The van der Waals surface area contributed by atoms with Gasteiger partial charge >= 0.3 is 0 Å². The van der Waals surface area contributed by atoms with Gasteiger partial charge in [-0.1, -0.05) is 13.0 Å². The zero-order chi connectivity index (χ0) is 15.0. The Kier molecular flexibility index (Phi) is 3.67. The lowest BCUT2D eigenvalue weighted by Gasteiger charge is -2.30. The van der Waals surface area contributed by atoms with Gasteiger partial charge in [0.1, 0.15) is 4.21 Å². The minimum Gasteiger partial charge on any atom is -0.398 e. The first-order valence-electron chi connectivity index (χ1n) is 7.03.